The zero-order valence-electron chi connectivity index (χ0n) is 23.4. The normalized spacial score (nSPS) is 18.5. The number of sulfone groups is 1. The number of benzene rings is 2. The van der Waals surface area contributed by atoms with Gasteiger partial charge in [-0.05, 0) is 60.6 Å². The monoisotopic (exact) mass is 670 g/mol. The summed E-state index contributed by atoms with van der Waals surface area (Å²) in [4.78, 5) is 13.4. The molecule has 1 N–H and O–H groups in total. The first-order chi connectivity index (χ1) is 21.0. The molecule has 0 amide bonds. The van der Waals surface area contributed by atoms with Gasteiger partial charge in [-0.1, -0.05) is 41.4 Å². The van der Waals surface area contributed by atoms with Crippen LogP contribution in [0.5, 0.6) is 11.5 Å². The molecule has 0 spiro atoms. The van der Waals surface area contributed by atoms with Crippen LogP contribution >= 0.6 is 23.2 Å². The van der Waals surface area contributed by atoms with Gasteiger partial charge in [0, 0.05) is 25.1 Å². The zero-order chi connectivity index (χ0) is 31.4. The Kier molecular flexibility index (Phi) is 10.1. The molecule has 236 valence electrons. The Morgan fingerprint density at radius 2 is 1.77 bits per heavy atom. The number of nitrogens with one attached hydrogen (secondary N) is 1. The van der Waals surface area contributed by atoms with E-state index in [0.717, 1.165) is 30.8 Å². The first kappa shape index (κ1) is 32.2. The molecule has 2 aliphatic rings. The quantitative estimate of drug-likeness (QED) is 0.161. The third-order valence-corrected chi connectivity index (χ3v) is 10.3. The van der Waals surface area contributed by atoms with Crippen LogP contribution in [0.4, 0.5) is 8.78 Å². The van der Waals surface area contributed by atoms with Crippen LogP contribution in [0.25, 0.3) is 0 Å². The summed E-state index contributed by atoms with van der Waals surface area (Å²) >= 11 is 12.6. The number of hydrogen-bond acceptors (Lipinski definition) is 8. The van der Waals surface area contributed by atoms with Crippen LogP contribution in [0.1, 0.15) is 46.0 Å². The number of carbonyl (C=O) groups is 1. The highest BCUT2D eigenvalue weighted by Gasteiger charge is 2.29. The van der Waals surface area contributed by atoms with Gasteiger partial charge in [0.2, 0.25) is 0 Å². The number of hydrogen-bond donors (Lipinski definition) is 1. The van der Waals surface area contributed by atoms with Crippen molar-refractivity contribution < 1.29 is 40.9 Å². The van der Waals surface area contributed by atoms with Gasteiger partial charge in [-0.2, -0.15) is 13.5 Å². The van der Waals surface area contributed by atoms with Gasteiger partial charge in [0.25, 0.3) is 0 Å². The summed E-state index contributed by atoms with van der Waals surface area (Å²) in [5.41, 5.74) is 1.68. The average Bonchev–Trinajstić information content (AvgIpc) is 3.79. The van der Waals surface area contributed by atoms with E-state index < -0.39 is 33.8 Å². The summed E-state index contributed by atoms with van der Waals surface area (Å²) in [6, 6.07) is 10.7. The van der Waals surface area contributed by atoms with Gasteiger partial charge in [-0.15, -0.1) is 0 Å². The Morgan fingerprint density at radius 1 is 1.07 bits per heavy atom. The average molecular weight is 672 g/mol. The van der Waals surface area contributed by atoms with Crippen LogP contribution in [0.3, 0.4) is 0 Å². The Labute approximate surface area is 263 Å². The zero-order valence-corrected chi connectivity index (χ0v) is 25.7. The van der Waals surface area contributed by atoms with Gasteiger partial charge in [0.15, 0.2) is 33.7 Å². The number of ether oxygens (including phenoxy) is 3. The van der Waals surface area contributed by atoms with E-state index in [1.54, 1.807) is 24.3 Å². The molecular weight excluding hydrogens is 641 g/mol. The molecule has 14 heteroatoms. The molecule has 0 bridgehead atoms. The summed E-state index contributed by atoms with van der Waals surface area (Å²) in [6.07, 6.45) is 3.41. The largest absolute Gasteiger partial charge is 0.619 e. The third-order valence-electron chi connectivity index (χ3n) is 7.52. The minimum absolute atomic E-state index is 0.0490. The Morgan fingerprint density at radius 3 is 2.41 bits per heavy atom. The van der Waals surface area contributed by atoms with Gasteiger partial charge >= 0.3 is 12.6 Å². The highest BCUT2D eigenvalue weighted by molar-refractivity contribution is 7.92. The van der Waals surface area contributed by atoms with Crippen LogP contribution in [-0.4, -0.2) is 51.7 Å². The minimum Gasteiger partial charge on any atom is -0.619 e. The van der Waals surface area contributed by atoms with Gasteiger partial charge in [-0.3, -0.25) is 0 Å². The molecule has 1 saturated carbocycles. The van der Waals surface area contributed by atoms with E-state index in [1.165, 1.54) is 18.2 Å². The van der Waals surface area contributed by atoms with Crippen molar-refractivity contribution in [3.05, 3.63) is 92.4 Å². The molecule has 44 heavy (non-hydrogen) atoms. The number of rotatable bonds is 12. The van der Waals surface area contributed by atoms with Crippen molar-refractivity contribution in [2.45, 2.75) is 43.6 Å². The second-order valence-corrected chi connectivity index (χ2v) is 14.0. The van der Waals surface area contributed by atoms with Crippen molar-refractivity contribution in [3.63, 3.8) is 0 Å². The van der Waals surface area contributed by atoms with E-state index in [4.69, 9.17) is 32.7 Å². The molecule has 5 rings (SSSR count). The van der Waals surface area contributed by atoms with Crippen LogP contribution in [-0.2, 0) is 27.4 Å². The van der Waals surface area contributed by atoms with E-state index >= 15 is 0 Å². The minimum atomic E-state index is -3.21. The van der Waals surface area contributed by atoms with E-state index in [9.17, 15) is 27.2 Å². The van der Waals surface area contributed by atoms with Crippen LogP contribution < -0.4 is 19.5 Å². The molecule has 2 atom stereocenters. The number of alkyl halides is 2. The fourth-order valence-electron chi connectivity index (χ4n) is 4.87. The fraction of sp³-hybridized carbons (Fsp3) is 0.400. The summed E-state index contributed by atoms with van der Waals surface area (Å²) in [6.45, 7) is -1.97. The number of aromatic nitrogens is 1. The number of pyridine rings is 1. The van der Waals surface area contributed by atoms with Gasteiger partial charge < -0.3 is 24.7 Å². The Hall–Kier alpha value is -3.19. The van der Waals surface area contributed by atoms with Crippen molar-refractivity contribution >= 4 is 39.0 Å². The molecule has 2 heterocycles. The maximum absolute atomic E-state index is 13.4. The highest BCUT2D eigenvalue weighted by atomic mass is 35.5. The molecule has 1 aliphatic carbocycles. The summed E-state index contributed by atoms with van der Waals surface area (Å²) in [7, 11) is -3.21. The standard InChI is InChI=1S/C30H30Cl2F2N2O7S/c31-24-15-36(38)16-25(32)23(24)13-27(21-7-8-26(43-30(33)34)28(12-21)41-17-19-1-2-19)42-29(37)20-5-3-18(4-6-20)11-22-14-35-9-10-44(22,39)40/h3-8,12,15-16,19,22,27,30,35H,1-2,9-11,13-14,17H2/t22?,27-/m0/s1. The summed E-state index contributed by atoms with van der Waals surface area (Å²) in [5.74, 6) is -0.400. The van der Waals surface area contributed by atoms with Gasteiger partial charge in [0.1, 0.15) is 16.1 Å². The predicted octanol–water partition coefficient (Wildman–Crippen LogP) is 5.09. The van der Waals surface area contributed by atoms with E-state index in [2.05, 4.69) is 10.1 Å². The number of carbonyl (C=O) groups excluding carboxylic acids is 1. The van der Waals surface area contributed by atoms with Gasteiger partial charge in [-0.25, -0.2) is 13.2 Å². The van der Waals surface area contributed by atoms with Crippen LogP contribution in [0.2, 0.25) is 10.0 Å². The molecule has 3 aromatic rings. The lowest BCUT2D eigenvalue weighted by Crippen LogP contribution is -2.44. The van der Waals surface area contributed by atoms with Crippen molar-refractivity contribution in [2.24, 2.45) is 5.92 Å². The Bertz CT molecular complexity index is 1580. The lowest BCUT2D eigenvalue weighted by atomic mass is 10.0. The molecule has 1 saturated heterocycles. The molecule has 1 unspecified atom stereocenters. The van der Waals surface area contributed by atoms with E-state index in [0.29, 0.717) is 47.9 Å². The second-order valence-electron chi connectivity index (χ2n) is 10.8. The third kappa shape index (κ3) is 8.29. The SMILES string of the molecule is O=C(O[C@@H](Cc1c(Cl)c[n+]([O-])cc1Cl)c1ccc(OC(F)F)c(OCC2CC2)c1)c1ccc(CC2CNCCS2(=O)=O)cc1. The first-order valence-electron chi connectivity index (χ1n) is 14.0. The summed E-state index contributed by atoms with van der Waals surface area (Å²) in [5, 5.41) is 14.4. The molecule has 1 aromatic heterocycles. The number of nitrogens with zero attached hydrogens (tertiary/aromatic N) is 1. The topological polar surface area (TPSA) is 118 Å². The number of esters is 1. The van der Waals surface area contributed by atoms with E-state index in [1.807, 2.05) is 0 Å². The smallest absolute Gasteiger partial charge is 0.387 e. The van der Waals surface area contributed by atoms with Crippen molar-refractivity contribution in [1.29, 1.82) is 0 Å². The predicted molar refractivity (Wildman–Crippen MR) is 159 cm³/mol. The maximum Gasteiger partial charge on any atom is 0.387 e. The Balaban J connectivity index is 1.40. The highest BCUT2D eigenvalue weighted by Crippen LogP contribution is 2.38. The maximum atomic E-state index is 13.4. The molecule has 0 radical (unpaired) electrons. The van der Waals surface area contributed by atoms with Crippen molar-refractivity contribution in [2.75, 3.05) is 25.4 Å². The van der Waals surface area contributed by atoms with Crippen molar-refractivity contribution in [3.8, 4) is 11.5 Å². The lowest BCUT2D eigenvalue weighted by Gasteiger charge is -2.23. The number of halogens is 4. The van der Waals surface area contributed by atoms with Gasteiger partial charge in [0.05, 0.1) is 23.2 Å². The second kappa shape index (κ2) is 13.8. The van der Waals surface area contributed by atoms with Crippen molar-refractivity contribution in [1.82, 2.24) is 5.32 Å². The molecule has 2 aromatic carbocycles. The summed E-state index contributed by atoms with van der Waals surface area (Å²) < 4.78 is 67.8. The van der Waals surface area contributed by atoms with Crippen LogP contribution in [0.15, 0.2) is 54.9 Å². The molecular formula is C30H30Cl2F2N2O7S. The first-order valence-corrected chi connectivity index (χ1v) is 16.5. The van der Waals surface area contributed by atoms with E-state index in [-0.39, 0.29) is 39.3 Å². The lowest BCUT2D eigenvalue weighted by molar-refractivity contribution is -0.605. The molecule has 9 nitrogen and oxygen atoms in total. The fourth-order valence-corrected chi connectivity index (χ4v) is 7.05. The molecule has 2 fully saturated rings. The van der Waals surface area contributed by atoms with Crippen LogP contribution in [0, 0.1) is 11.1 Å². The molecule has 1 aliphatic heterocycles.